The van der Waals surface area contributed by atoms with E-state index in [1.165, 1.54) is 24.3 Å². The van der Waals surface area contributed by atoms with Gasteiger partial charge in [-0.2, -0.15) is 0 Å². The molecule has 1 aromatic heterocycles. The number of hydrogen-bond acceptors (Lipinski definition) is 7. The van der Waals surface area contributed by atoms with Gasteiger partial charge in [-0.25, -0.2) is 8.42 Å². The van der Waals surface area contributed by atoms with Gasteiger partial charge >= 0.3 is 0 Å². The number of carbonyl (C=O) groups excluding carboxylic acids is 2. The molecule has 158 valence electrons. The SMILES string of the molecule is [2H]C([2H])([2H])NC(=O)c1nnc(NC(=O)[C@H]2CC23CC3)cc1Nc1cc(Cl)ccc1S(C)(=O)=O. The van der Waals surface area contributed by atoms with E-state index in [1.54, 1.807) is 0 Å². The van der Waals surface area contributed by atoms with Crippen molar-refractivity contribution in [2.24, 2.45) is 11.3 Å². The van der Waals surface area contributed by atoms with E-state index in [4.69, 9.17) is 15.7 Å². The number of nitrogens with zero attached hydrogens (tertiary/aromatic N) is 2. The Kier molecular flexibility index (Phi) is 4.09. The lowest BCUT2D eigenvalue weighted by Gasteiger charge is -2.14. The van der Waals surface area contributed by atoms with Crippen LogP contribution in [0.5, 0.6) is 0 Å². The summed E-state index contributed by atoms with van der Waals surface area (Å²) in [4.78, 5) is 24.9. The fourth-order valence-electron chi connectivity index (χ4n) is 3.49. The molecule has 1 atom stereocenters. The van der Waals surface area contributed by atoms with Gasteiger partial charge in [-0.15, -0.1) is 10.2 Å². The fraction of sp³-hybridized carbons (Fsp3) is 0.368. The van der Waals surface area contributed by atoms with Crippen LogP contribution in [0.2, 0.25) is 5.02 Å². The van der Waals surface area contributed by atoms with Crippen molar-refractivity contribution < 1.29 is 22.1 Å². The van der Waals surface area contributed by atoms with Gasteiger partial charge in [0.05, 0.1) is 16.3 Å². The highest BCUT2D eigenvalue weighted by Crippen LogP contribution is 2.70. The third-order valence-electron chi connectivity index (χ3n) is 5.38. The number of amides is 2. The number of nitrogens with one attached hydrogen (secondary N) is 3. The molecule has 3 N–H and O–H groups in total. The lowest BCUT2D eigenvalue weighted by atomic mass is 10.2. The zero-order valence-electron chi connectivity index (χ0n) is 18.8. The van der Waals surface area contributed by atoms with Crippen LogP contribution < -0.4 is 16.0 Å². The quantitative estimate of drug-likeness (QED) is 0.613. The van der Waals surface area contributed by atoms with Crippen molar-refractivity contribution in [2.45, 2.75) is 24.2 Å². The first kappa shape index (κ1) is 17.0. The zero-order chi connectivity index (χ0) is 24.2. The highest BCUT2D eigenvalue weighted by molar-refractivity contribution is 7.90. The maximum Gasteiger partial charge on any atom is 0.273 e. The molecule has 0 radical (unpaired) electrons. The molecule has 2 aliphatic carbocycles. The number of sulfone groups is 1. The molecule has 11 heteroatoms. The lowest BCUT2D eigenvalue weighted by Crippen LogP contribution is -2.23. The van der Waals surface area contributed by atoms with Gasteiger partial charge in [-0.1, -0.05) is 11.6 Å². The van der Waals surface area contributed by atoms with Gasteiger partial charge in [0.15, 0.2) is 21.3 Å². The number of anilines is 3. The van der Waals surface area contributed by atoms with Gasteiger partial charge in [0.25, 0.3) is 5.91 Å². The smallest absolute Gasteiger partial charge is 0.273 e. The third kappa shape index (κ3) is 3.97. The minimum atomic E-state index is -3.69. The second-order valence-electron chi connectivity index (χ2n) is 7.59. The highest BCUT2D eigenvalue weighted by atomic mass is 35.5. The monoisotopic (exact) mass is 452 g/mol. The molecule has 0 saturated heterocycles. The van der Waals surface area contributed by atoms with Gasteiger partial charge < -0.3 is 16.0 Å². The Morgan fingerprint density at radius 2 is 2.00 bits per heavy atom. The van der Waals surface area contributed by atoms with Gasteiger partial charge in [-0.05, 0) is 42.9 Å². The van der Waals surface area contributed by atoms with Crippen LogP contribution in [0.3, 0.4) is 0 Å². The standard InChI is InChI=1S/C19H20ClN5O4S/c1-21-18(27)16-13(22-12-7-10(20)3-4-14(12)30(2,28)29)8-15(24-25-16)23-17(26)11-9-19(11)5-6-19/h3-4,7-8,11H,5-6,9H2,1-2H3,(H,21,27)(H2,22,23,24,26)/t11-/m1/s1/i1D3. The summed E-state index contributed by atoms with van der Waals surface area (Å²) in [6, 6.07) is 5.31. The Morgan fingerprint density at radius 1 is 1.23 bits per heavy atom. The molecule has 2 fully saturated rings. The highest BCUT2D eigenvalue weighted by Gasteiger charge is 2.65. The third-order valence-corrected chi connectivity index (χ3v) is 6.77. The maximum absolute atomic E-state index is 12.5. The zero-order valence-corrected chi connectivity index (χ0v) is 17.4. The Hall–Kier alpha value is -2.72. The number of hydrogen-bond donors (Lipinski definition) is 3. The van der Waals surface area contributed by atoms with Crippen molar-refractivity contribution in [3.05, 3.63) is 35.0 Å². The summed E-state index contributed by atoms with van der Waals surface area (Å²) in [5, 5.41) is 15.1. The van der Waals surface area contributed by atoms with Crippen molar-refractivity contribution in [3.8, 4) is 0 Å². The molecular formula is C19H20ClN5O4S. The van der Waals surface area contributed by atoms with Crippen molar-refractivity contribution in [2.75, 3.05) is 23.9 Å². The summed E-state index contributed by atoms with van der Waals surface area (Å²) in [7, 11) is -3.69. The van der Waals surface area contributed by atoms with E-state index in [0.717, 1.165) is 25.5 Å². The number of rotatable bonds is 6. The predicted octanol–water partition coefficient (Wildman–Crippen LogP) is 2.38. The van der Waals surface area contributed by atoms with Crippen LogP contribution in [0.4, 0.5) is 17.2 Å². The lowest BCUT2D eigenvalue weighted by molar-refractivity contribution is -0.117. The van der Waals surface area contributed by atoms with Crippen molar-refractivity contribution in [1.82, 2.24) is 15.5 Å². The first-order valence-corrected chi connectivity index (χ1v) is 11.3. The maximum atomic E-state index is 12.5. The van der Waals surface area contributed by atoms with Crippen molar-refractivity contribution >= 4 is 50.4 Å². The van der Waals surface area contributed by atoms with E-state index in [9.17, 15) is 18.0 Å². The molecule has 0 bridgehead atoms. The largest absolute Gasteiger partial charge is 0.354 e. The van der Waals surface area contributed by atoms with Gasteiger partial charge in [0, 0.05) is 34.4 Å². The molecule has 0 aliphatic heterocycles. The van der Waals surface area contributed by atoms with E-state index in [0.29, 0.717) is 0 Å². The first-order chi connectivity index (χ1) is 15.3. The molecule has 1 spiro atoms. The van der Waals surface area contributed by atoms with Crippen LogP contribution in [-0.4, -0.2) is 43.7 Å². The molecule has 2 aromatic rings. The number of halogens is 1. The Bertz CT molecular complexity index is 1260. The minimum Gasteiger partial charge on any atom is -0.354 e. The number of benzene rings is 1. The van der Waals surface area contributed by atoms with Crippen molar-refractivity contribution in [1.29, 1.82) is 0 Å². The molecule has 0 unspecified atom stereocenters. The Balaban J connectivity index is 1.69. The molecule has 4 rings (SSSR count). The van der Waals surface area contributed by atoms with Crippen LogP contribution in [-0.2, 0) is 14.6 Å². The second-order valence-corrected chi connectivity index (χ2v) is 10.0. The van der Waals surface area contributed by atoms with Crippen molar-refractivity contribution in [3.63, 3.8) is 0 Å². The molecular weight excluding hydrogens is 430 g/mol. The van der Waals surface area contributed by atoms with Crippen LogP contribution in [0.1, 0.15) is 33.9 Å². The van der Waals surface area contributed by atoms with Crippen LogP contribution in [0.15, 0.2) is 29.2 Å². The van der Waals surface area contributed by atoms with Gasteiger partial charge in [0.1, 0.15) is 0 Å². The van der Waals surface area contributed by atoms with E-state index in [2.05, 4.69) is 20.8 Å². The molecule has 2 amide bonds. The van der Waals surface area contributed by atoms with Crippen LogP contribution in [0, 0.1) is 11.3 Å². The van der Waals surface area contributed by atoms with Crippen LogP contribution in [0.25, 0.3) is 0 Å². The summed E-state index contributed by atoms with van der Waals surface area (Å²) in [6.07, 6.45) is 3.85. The molecule has 9 nitrogen and oxygen atoms in total. The summed E-state index contributed by atoms with van der Waals surface area (Å²) < 4.78 is 46.2. The van der Waals surface area contributed by atoms with E-state index in [-0.39, 0.29) is 44.4 Å². The molecule has 2 saturated carbocycles. The summed E-state index contributed by atoms with van der Waals surface area (Å²) in [5.74, 6) is -1.35. The Labute approximate surface area is 182 Å². The van der Waals surface area contributed by atoms with E-state index < -0.39 is 28.4 Å². The van der Waals surface area contributed by atoms with Crippen LogP contribution >= 0.6 is 11.6 Å². The summed E-state index contributed by atoms with van der Waals surface area (Å²) >= 11 is 6.02. The number of aromatic nitrogens is 2. The average molecular weight is 453 g/mol. The van der Waals surface area contributed by atoms with E-state index in [1.807, 2.05) is 5.32 Å². The van der Waals surface area contributed by atoms with Gasteiger partial charge in [-0.3, -0.25) is 9.59 Å². The normalized spacial score (nSPS) is 20.5. The second kappa shape index (κ2) is 7.21. The topological polar surface area (TPSA) is 130 Å². The molecule has 1 aromatic carbocycles. The first-order valence-electron chi connectivity index (χ1n) is 10.6. The molecule has 2 aliphatic rings. The Morgan fingerprint density at radius 3 is 2.63 bits per heavy atom. The number of carbonyl (C=O) groups is 2. The predicted molar refractivity (Wildman–Crippen MR) is 112 cm³/mol. The van der Waals surface area contributed by atoms with Gasteiger partial charge in [0.2, 0.25) is 5.91 Å². The fourth-order valence-corrected chi connectivity index (χ4v) is 4.48. The van der Waals surface area contributed by atoms with E-state index >= 15 is 0 Å². The molecule has 1 heterocycles. The average Bonchev–Trinajstić information content (AvgIpc) is 3.58. The minimum absolute atomic E-state index is 0.0265. The molecule has 30 heavy (non-hydrogen) atoms. The summed E-state index contributed by atoms with van der Waals surface area (Å²) in [6.45, 7) is -2.79. The summed E-state index contributed by atoms with van der Waals surface area (Å²) in [5.41, 5.74) is -0.319.